The molecule has 98 valence electrons. The lowest BCUT2D eigenvalue weighted by molar-refractivity contribution is 0.306. The van der Waals surface area contributed by atoms with Crippen molar-refractivity contribution >= 4 is 0 Å². The van der Waals surface area contributed by atoms with Gasteiger partial charge < -0.3 is 5.32 Å². The topological polar surface area (TPSA) is 12.0 Å². The second kappa shape index (κ2) is 7.32. The van der Waals surface area contributed by atoms with Crippen LogP contribution in [0.4, 0.5) is 0 Å². The van der Waals surface area contributed by atoms with Crippen LogP contribution in [0.15, 0.2) is 0 Å². The monoisotopic (exact) mass is 227 g/mol. The molecular formula is C15H33N. The third-order valence-electron chi connectivity index (χ3n) is 3.32. The molecule has 0 bridgehead atoms. The Hall–Kier alpha value is -0.0400. The van der Waals surface area contributed by atoms with E-state index in [1.807, 2.05) is 0 Å². The molecule has 0 aliphatic rings. The molecule has 0 amide bonds. The van der Waals surface area contributed by atoms with Crippen LogP contribution in [0.3, 0.4) is 0 Å². The Morgan fingerprint density at radius 1 is 0.875 bits per heavy atom. The molecule has 1 heteroatoms. The van der Waals surface area contributed by atoms with E-state index < -0.39 is 0 Å². The Morgan fingerprint density at radius 2 is 1.50 bits per heavy atom. The number of rotatable bonds is 8. The first-order valence-electron chi connectivity index (χ1n) is 6.97. The highest BCUT2D eigenvalue weighted by molar-refractivity contribution is 4.67. The summed E-state index contributed by atoms with van der Waals surface area (Å²) in [4.78, 5) is 0. The van der Waals surface area contributed by atoms with Crippen LogP contribution in [0.5, 0.6) is 0 Å². The summed E-state index contributed by atoms with van der Waals surface area (Å²) in [7, 11) is 0. The third-order valence-corrected chi connectivity index (χ3v) is 3.32. The molecule has 0 spiro atoms. The molecule has 0 unspecified atom stereocenters. The largest absolute Gasteiger partial charge is 0.316 e. The maximum absolute atomic E-state index is 3.54. The lowest BCUT2D eigenvalue weighted by atomic mass is 9.84. The minimum atomic E-state index is 0.421. The molecule has 0 aliphatic heterocycles. The summed E-state index contributed by atoms with van der Waals surface area (Å²) in [6.45, 7) is 16.2. The van der Waals surface area contributed by atoms with E-state index in [1.54, 1.807) is 0 Å². The fourth-order valence-electron chi connectivity index (χ4n) is 1.67. The summed E-state index contributed by atoms with van der Waals surface area (Å²) in [6.07, 6.45) is 6.77. The molecule has 0 heterocycles. The van der Waals surface area contributed by atoms with Crippen LogP contribution in [0.25, 0.3) is 0 Å². The van der Waals surface area contributed by atoms with Crippen molar-refractivity contribution in [2.24, 2.45) is 10.8 Å². The average molecular weight is 227 g/mol. The first-order chi connectivity index (χ1) is 7.27. The van der Waals surface area contributed by atoms with Crippen molar-refractivity contribution in [1.82, 2.24) is 5.32 Å². The highest BCUT2D eigenvalue weighted by Crippen LogP contribution is 2.26. The summed E-state index contributed by atoms with van der Waals surface area (Å²) in [5.74, 6) is 0. The van der Waals surface area contributed by atoms with Gasteiger partial charge >= 0.3 is 0 Å². The van der Waals surface area contributed by atoms with Crippen molar-refractivity contribution < 1.29 is 0 Å². The zero-order valence-electron chi connectivity index (χ0n) is 12.4. The molecule has 0 radical (unpaired) electrons. The van der Waals surface area contributed by atoms with Crippen LogP contribution in [0.1, 0.15) is 73.6 Å². The van der Waals surface area contributed by atoms with Gasteiger partial charge in [0.1, 0.15) is 0 Å². The Bertz CT molecular complexity index is 165. The molecule has 0 fully saturated rings. The number of hydrogen-bond donors (Lipinski definition) is 1. The van der Waals surface area contributed by atoms with E-state index >= 15 is 0 Å². The SMILES string of the molecule is CCC(C)(C)CCCCCNCC(C)(C)C. The predicted molar refractivity (Wildman–Crippen MR) is 74.9 cm³/mol. The quantitative estimate of drug-likeness (QED) is 0.597. The highest BCUT2D eigenvalue weighted by Gasteiger charge is 2.13. The summed E-state index contributed by atoms with van der Waals surface area (Å²) < 4.78 is 0. The summed E-state index contributed by atoms with van der Waals surface area (Å²) in [5, 5.41) is 3.54. The van der Waals surface area contributed by atoms with Gasteiger partial charge in [0, 0.05) is 0 Å². The molecule has 0 aliphatic carbocycles. The van der Waals surface area contributed by atoms with Crippen molar-refractivity contribution in [3.05, 3.63) is 0 Å². The van der Waals surface area contributed by atoms with E-state index in [0.29, 0.717) is 10.8 Å². The molecule has 16 heavy (non-hydrogen) atoms. The van der Waals surface area contributed by atoms with Crippen molar-refractivity contribution in [2.45, 2.75) is 73.6 Å². The van der Waals surface area contributed by atoms with Gasteiger partial charge in [-0.3, -0.25) is 0 Å². The lowest BCUT2D eigenvalue weighted by Crippen LogP contribution is -2.27. The maximum Gasteiger partial charge on any atom is -0.0000126 e. The average Bonchev–Trinajstić information content (AvgIpc) is 2.14. The van der Waals surface area contributed by atoms with Gasteiger partial charge in [-0.2, -0.15) is 0 Å². The van der Waals surface area contributed by atoms with Crippen LogP contribution in [0.2, 0.25) is 0 Å². The van der Waals surface area contributed by atoms with Gasteiger partial charge in [-0.15, -0.1) is 0 Å². The molecule has 0 aromatic heterocycles. The molecule has 0 saturated carbocycles. The van der Waals surface area contributed by atoms with E-state index in [0.717, 1.165) is 6.54 Å². The van der Waals surface area contributed by atoms with Crippen LogP contribution in [-0.4, -0.2) is 13.1 Å². The van der Waals surface area contributed by atoms with Gasteiger partial charge in [0.15, 0.2) is 0 Å². The molecule has 0 aromatic rings. The van der Waals surface area contributed by atoms with Crippen LogP contribution in [-0.2, 0) is 0 Å². The summed E-state index contributed by atoms with van der Waals surface area (Å²) in [6, 6.07) is 0. The molecule has 1 nitrogen and oxygen atoms in total. The van der Waals surface area contributed by atoms with E-state index in [1.165, 1.54) is 38.6 Å². The third kappa shape index (κ3) is 10.5. The van der Waals surface area contributed by atoms with Crippen LogP contribution >= 0.6 is 0 Å². The molecule has 1 N–H and O–H groups in total. The highest BCUT2D eigenvalue weighted by atomic mass is 14.9. The van der Waals surface area contributed by atoms with Gasteiger partial charge in [-0.1, -0.05) is 60.8 Å². The smallest absolute Gasteiger partial charge is 0.0000126 e. The second-order valence-electron chi connectivity index (χ2n) is 7.07. The van der Waals surface area contributed by atoms with E-state index in [4.69, 9.17) is 0 Å². The fourth-order valence-corrected chi connectivity index (χ4v) is 1.67. The van der Waals surface area contributed by atoms with Gasteiger partial charge in [-0.25, -0.2) is 0 Å². The Labute approximate surface area is 103 Å². The molecule has 0 rings (SSSR count). The van der Waals surface area contributed by atoms with E-state index in [2.05, 4.69) is 46.9 Å². The van der Waals surface area contributed by atoms with Crippen molar-refractivity contribution in [1.29, 1.82) is 0 Å². The maximum atomic E-state index is 3.54. The summed E-state index contributed by atoms with van der Waals surface area (Å²) in [5.41, 5.74) is 0.975. The Kier molecular flexibility index (Phi) is 7.30. The fraction of sp³-hybridized carbons (Fsp3) is 1.00. The first-order valence-corrected chi connectivity index (χ1v) is 6.97. The second-order valence-corrected chi connectivity index (χ2v) is 7.07. The van der Waals surface area contributed by atoms with E-state index in [9.17, 15) is 0 Å². The van der Waals surface area contributed by atoms with Gasteiger partial charge in [0.05, 0.1) is 0 Å². The normalized spacial score (nSPS) is 13.1. The van der Waals surface area contributed by atoms with Gasteiger partial charge in [-0.05, 0) is 36.8 Å². The Morgan fingerprint density at radius 3 is 2.00 bits per heavy atom. The van der Waals surface area contributed by atoms with Crippen molar-refractivity contribution in [3.63, 3.8) is 0 Å². The summed E-state index contributed by atoms with van der Waals surface area (Å²) >= 11 is 0. The Balaban J connectivity index is 3.29. The molecule has 0 atom stereocenters. The number of hydrogen-bond acceptors (Lipinski definition) is 1. The zero-order valence-corrected chi connectivity index (χ0v) is 12.4. The van der Waals surface area contributed by atoms with Crippen molar-refractivity contribution in [2.75, 3.05) is 13.1 Å². The zero-order chi connectivity index (χ0) is 12.7. The van der Waals surface area contributed by atoms with Crippen LogP contribution in [0, 0.1) is 10.8 Å². The number of unbranched alkanes of at least 4 members (excludes halogenated alkanes) is 2. The van der Waals surface area contributed by atoms with Gasteiger partial charge in [0.2, 0.25) is 0 Å². The van der Waals surface area contributed by atoms with E-state index in [-0.39, 0.29) is 0 Å². The molecule has 0 aromatic carbocycles. The van der Waals surface area contributed by atoms with Crippen LogP contribution < -0.4 is 5.32 Å². The lowest BCUT2D eigenvalue weighted by Gasteiger charge is -2.22. The predicted octanol–water partition coefficient (Wildman–Crippen LogP) is 4.62. The minimum absolute atomic E-state index is 0.421. The standard InChI is InChI=1S/C15H33N/c1-7-15(5,6)11-9-8-10-12-16-13-14(2,3)4/h16H,7-13H2,1-6H3. The van der Waals surface area contributed by atoms with Crippen molar-refractivity contribution in [3.8, 4) is 0 Å². The minimum Gasteiger partial charge on any atom is -0.316 e. The molecular weight excluding hydrogens is 194 g/mol. The first kappa shape index (κ1) is 16.0. The van der Waals surface area contributed by atoms with Gasteiger partial charge in [0.25, 0.3) is 0 Å². The molecule has 0 saturated heterocycles. The number of nitrogens with one attached hydrogen (secondary N) is 1.